The predicted molar refractivity (Wildman–Crippen MR) is 137 cm³/mol. The number of nitrogens with zero attached hydrogens (tertiary/aromatic N) is 2. The minimum Gasteiger partial charge on any atom is -0.363 e. The molecule has 0 unspecified atom stereocenters. The van der Waals surface area contributed by atoms with Crippen molar-refractivity contribution < 1.29 is 18.0 Å². The Morgan fingerprint density at radius 1 is 1.11 bits per heavy atom. The van der Waals surface area contributed by atoms with Crippen molar-refractivity contribution in [3.63, 3.8) is 0 Å². The van der Waals surface area contributed by atoms with Crippen molar-refractivity contribution in [1.29, 1.82) is 0 Å². The molecule has 1 aliphatic heterocycles. The average molecular weight is 517 g/mol. The molecule has 190 valence electrons. The number of aromatic nitrogens is 2. The summed E-state index contributed by atoms with van der Waals surface area (Å²) < 4.78 is 42.7. The van der Waals surface area contributed by atoms with E-state index in [4.69, 9.17) is 12.2 Å². The molecule has 7 nitrogen and oxygen atoms in total. The largest absolute Gasteiger partial charge is 0.410 e. The standard InChI is InChI=1S/C25H27F3N6OS/c1-14(2)16-6-8-17(9-7-16)19-12-21(25(26,27)28)34-22(30-19)13-20(33-34)23(35)31-32-24(36)29-18-10-4-15(3)5-11-18/h4-11,13-14,19,21,30H,12H2,1-3H3,(H,31,35)(H2,29,32,36)/t19-,21-/m0/s1. The minimum atomic E-state index is -4.54. The Morgan fingerprint density at radius 2 is 1.78 bits per heavy atom. The number of halogens is 3. The summed E-state index contributed by atoms with van der Waals surface area (Å²) in [6.45, 7) is 6.06. The molecule has 0 saturated carbocycles. The van der Waals surface area contributed by atoms with Crippen LogP contribution in [0.3, 0.4) is 0 Å². The Bertz CT molecular complexity index is 1240. The van der Waals surface area contributed by atoms with Gasteiger partial charge in [0, 0.05) is 18.2 Å². The van der Waals surface area contributed by atoms with Crippen molar-refractivity contribution in [2.75, 3.05) is 10.6 Å². The van der Waals surface area contributed by atoms with Crippen LogP contribution in [0.1, 0.15) is 65.4 Å². The van der Waals surface area contributed by atoms with E-state index in [0.717, 1.165) is 27.1 Å². The lowest BCUT2D eigenvalue weighted by Gasteiger charge is -2.33. The van der Waals surface area contributed by atoms with Gasteiger partial charge in [-0.05, 0) is 48.3 Å². The zero-order valence-corrected chi connectivity index (χ0v) is 20.8. The highest BCUT2D eigenvalue weighted by Crippen LogP contribution is 2.43. The van der Waals surface area contributed by atoms with Gasteiger partial charge in [-0.3, -0.25) is 15.6 Å². The molecule has 3 aromatic rings. The van der Waals surface area contributed by atoms with Gasteiger partial charge in [-0.1, -0.05) is 55.8 Å². The molecule has 0 bridgehead atoms. The summed E-state index contributed by atoms with van der Waals surface area (Å²) in [5, 5.41) is 10.1. The van der Waals surface area contributed by atoms with Crippen LogP contribution in [0, 0.1) is 6.92 Å². The first-order valence-corrected chi connectivity index (χ1v) is 11.9. The molecule has 1 aliphatic rings. The molecule has 2 heterocycles. The van der Waals surface area contributed by atoms with Crippen LogP contribution >= 0.6 is 12.2 Å². The molecule has 0 aliphatic carbocycles. The van der Waals surface area contributed by atoms with Crippen LogP contribution in [-0.4, -0.2) is 27.0 Å². The number of benzene rings is 2. The van der Waals surface area contributed by atoms with Crippen LogP contribution in [-0.2, 0) is 0 Å². The smallest absolute Gasteiger partial charge is 0.363 e. The van der Waals surface area contributed by atoms with Gasteiger partial charge in [-0.15, -0.1) is 0 Å². The van der Waals surface area contributed by atoms with Crippen molar-refractivity contribution in [3.05, 3.63) is 77.0 Å². The molecule has 0 saturated heterocycles. The summed E-state index contributed by atoms with van der Waals surface area (Å²) in [5.74, 6) is -0.282. The molecule has 11 heteroatoms. The van der Waals surface area contributed by atoms with Gasteiger partial charge in [0.1, 0.15) is 5.82 Å². The molecular weight excluding hydrogens is 489 g/mol. The highest BCUT2D eigenvalue weighted by molar-refractivity contribution is 7.80. The molecule has 4 N–H and O–H groups in total. The first kappa shape index (κ1) is 25.5. The lowest BCUT2D eigenvalue weighted by molar-refractivity contribution is -0.173. The number of nitrogens with one attached hydrogen (secondary N) is 4. The maximum absolute atomic E-state index is 13.9. The van der Waals surface area contributed by atoms with E-state index in [0.29, 0.717) is 5.92 Å². The molecule has 36 heavy (non-hydrogen) atoms. The monoisotopic (exact) mass is 516 g/mol. The quantitative estimate of drug-likeness (QED) is 0.267. The fraction of sp³-hybridized carbons (Fsp3) is 0.320. The summed E-state index contributed by atoms with van der Waals surface area (Å²) in [4.78, 5) is 12.6. The highest BCUT2D eigenvalue weighted by atomic mass is 32.1. The van der Waals surface area contributed by atoms with E-state index in [1.807, 2.05) is 55.5 Å². The lowest BCUT2D eigenvalue weighted by Crippen LogP contribution is -2.44. The highest BCUT2D eigenvalue weighted by Gasteiger charge is 2.46. The molecule has 1 amide bonds. The van der Waals surface area contributed by atoms with Crippen LogP contribution in [0.5, 0.6) is 0 Å². The molecular formula is C25H27F3N6OS. The third-order valence-electron chi connectivity index (χ3n) is 6.03. The van der Waals surface area contributed by atoms with E-state index in [2.05, 4.69) is 40.4 Å². The molecule has 0 radical (unpaired) electrons. The third-order valence-corrected chi connectivity index (χ3v) is 6.23. The van der Waals surface area contributed by atoms with Crippen LogP contribution in [0.4, 0.5) is 24.7 Å². The van der Waals surface area contributed by atoms with E-state index in [1.165, 1.54) is 6.07 Å². The van der Waals surface area contributed by atoms with Gasteiger partial charge in [0.25, 0.3) is 5.91 Å². The minimum absolute atomic E-state index is 0.118. The van der Waals surface area contributed by atoms with E-state index in [9.17, 15) is 18.0 Å². The summed E-state index contributed by atoms with van der Waals surface area (Å²) in [6.07, 6.45) is -4.78. The average Bonchev–Trinajstić information content (AvgIpc) is 3.27. The maximum atomic E-state index is 13.9. The molecule has 1 aromatic heterocycles. The fourth-order valence-corrected chi connectivity index (χ4v) is 4.16. The van der Waals surface area contributed by atoms with E-state index in [1.54, 1.807) is 0 Å². The number of amides is 1. The van der Waals surface area contributed by atoms with E-state index >= 15 is 0 Å². The SMILES string of the molecule is Cc1ccc(NC(=S)NNC(=O)c2cc3n(n2)[C@H](C(F)(F)F)C[C@@H](c2ccc(C(C)C)cc2)N3)cc1. The Balaban J connectivity index is 1.47. The Hall–Kier alpha value is -3.60. The van der Waals surface area contributed by atoms with Gasteiger partial charge in [-0.2, -0.15) is 18.3 Å². The van der Waals surface area contributed by atoms with Gasteiger partial charge >= 0.3 is 6.18 Å². The Kier molecular flexibility index (Phi) is 7.21. The van der Waals surface area contributed by atoms with Gasteiger partial charge in [0.2, 0.25) is 0 Å². The van der Waals surface area contributed by atoms with Crippen LogP contribution < -0.4 is 21.5 Å². The molecule has 0 fully saturated rings. The van der Waals surface area contributed by atoms with E-state index in [-0.39, 0.29) is 23.0 Å². The molecule has 4 rings (SSSR count). The second-order valence-corrected chi connectivity index (χ2v) is 9.48. The number of rotatable bonds is 4. The van der Waals surface area contributed by atoms with Gasteiger partial charge < -0.3 is 10.6 Å². The number of hydrogen-bond acceptors (Lipinski definition) is 4. The number of hydrogen-bond donors (Lipinski definition) is 4. The van der Waals surface area contributed by atoms with Gasteiger partial charge in [-0.25, -0.2) is 4.68 Å². The zero-order chi connectivity index (χ0) is 26.0. The van der Waals surface area contributed by atoms with Crippen molar-refractivity contribution >= 4 is 34.7 Å². The van der Waals surface area contributed by atoms with Crippen LogP contribution in [0.15, 0.2) is 54.6 Å². The molecule has 2 aromatic carbocycles. The van der Waals surface area contributed by atoms with Gasteiger partial charge in [0.05, 0.1) is 6.04 Å². The van der Waals surface area contributed by atoms with Crippen molar-refractivity contribution in [3.8, 4) is 0 Å². The summed E-state index contributed by atoms with van der Waals surface area (Å²) in [5.41, 5.74) is 8.39. The number of alkyl halides is 3. The first-order valence-electron chi connectivity index (χ1n) is 11.5. The number of carbonyl (C=O) groups is 1. The van der Waals surface area contributed by atoms with Crippen molar-refractivity contribution in [1.82, 2.24) is 20.6 Å². The van der Waals surface area contributed by atoms with Crippen molar-refractivity contribution in [2.45, 2.75) is 51.4 Å². The Morgan fingerprint density at radius 3 is 2.39 bits per heavy atom. The van der Waals surface area contributed by atoms with E-state index < -0.39 is 24.2 Å². The van der Waals surface area contributed by atoms with Crippen LogP contribution in [0.25, 0.3) is 0 Å². The number of aryl methyl sites for hydroxylation is 1. The second kappa shape index (κ2) is 10.2. The summed E-state index contributed by atoms with van der Waals surface area (Å²) in [7, 11) is 0. The third kappa shape index (κ3) is 5.78. The number of carbonyl (C=O) groups excluding carboxylic acids is 1. The number of anilines is 2. The second-order valence-electron chi connectivity index (χ2n) is 9.07. The molecule has 0 spiro atoms. The first-order chi connectivity index (χ1) is 17.0. The number of hydrazine groups is 1. The summed E-state index contributed by atoms with van der Waals surface area (Å²) in [6, 6.07) is 13.8. The topological polar surface area (TPSA) is 83.0 Å². The van der Waals surface area contributed by atoms with Crippen LogP contribution in [0.2, 0.25) is 0 Å². The number of thiocarbonyl (C=S) groups is 1. The number of fused-ring (bicyclic) bond motifs is 1. The summed E-state index contributed by atoms with van der Waals surface area (Å²) >= 11 is 5.16. The van der Waals surface area contributed by atoms with Crippen molar-refractivity contribution in [2.24, 2.45) is 0 Å². The Labute approximate surface area is 212 Å². The maximum Gasteiger partial charge on any atom is 0.410 e. The predicted octanol–water partition coefficient (Wildman–Crippen LogP) is 5.61. The zero-order valence-electron chi connectivity index (χ0n) is 20.0. The normalized spacial score (nSPS) is 17.2. The van der Waals surface area contributed by atoms with Gasteiger partial charge in [0.15, 0.2) is 16.8 Å². The lowest BCUT2D eigenvalue weighted by atomic mass is 9.94. The molecule has 2 atom stereocenters. The fourth-order valence-electron chi connectivity index (χ4n) is 3.99.